The van der Waals surface area contributed by atoms with Crippen molar-refractivity contribution >= 4 is 11.4 Å². The fourth-order valence-electron chi connectivity index (χ4n) is 1.76. The third-order valence-electron chi connectivity index (χ3n) is 2.60. The average Bonchev–Trinajstić information content (AvgIpc) is 2.73. The predicted molar refractivity (Wildman–Crippen MR) is 58.7 cm³/mol. The number of nitrogens with two attached hydrogens (primary N) is 1. The Bertz CT molecular complexity index is 365. The molecule has 0 spiro atoms. The largest absolute Gasteiger partial charge is 0.399 e. The molecule has 0 bridgehead atoms. The van der Waals surface area contributed by atoms with Crippen molar-refractivity contribution in [1.82, 2.24) is 0 Å². The van der Waals surface area contributed by atoms with Gasteiger partial charge in [-0.15, -0.1) is 0 Å². The first-order valence-corrected chi connectivity index (χ1v) is 5.18. The highest BCUT2D eigenvalue weighted by molar-refractivity contribution is 5.59. The topological polar surface area (TPSA) is 47.3 Å². The van der Waals surface area contributed by atoms with Gasteiger partial charge in [-0.3, -0.25) is 0 Å². The Morgan fingerprint density at radius 2 is 2.25 bits per heavy atom. The Hall–Kier alpha value is -1.36. The van der Waals surface area contributed by atoms with Crippen LogP contribution in [0.1, 0.15) is 18.4 Å². The number of benzene rings is 1. The molecular formula is C11H14F2N2O. The van der Waals surface area contributed by atoms with Crippen LogP contribution in [0, 0.1) is 0 Å². The van der Waals surface area contributed by atoms with Crippen molar-refractivity contribution in [1.29, 1.82) is 0 Å². The summed E-state index contributed by atoms with van der Waals surface area (Å²) in [6, 6.07) is 4.63. The molecule has 1 fully saturated rings. The summed E-state index contributed by atoms with van der Waals surface area (Å²) in [5.74, 6) is 0. The lowest BCUT2D eigenvalue weighted by Gasteiger charge is -2.16. The summed E-state index contributed by atoms with van der Waals surface area (Å²) in [6.07, 6.45) is -1.68. The third-order valence-corrected chi connectivity index (χ3v) is 2.60. The molecular weight excluding hydrogens is 214 g/mol. The minimum absolute atomic E-state index is 0.0492. The second kappa shape index (κ2) is 4.65. The van der Waals surface area contributed by atoms with E-state index in [0.29, 0.717) is 24.6 Å². The van der Waals surface area contributed by atoms with Crippen molar-refractivity contribution in [3.05, 3.63) is 23.8 Å². The van der Waals surface area contributed by atoms with Gasteiger partial charge in [-0.25, -0.2) is 8.78 Å². The van der Waals surface area contributed by atoms with Gasteiger partial charge in [0.25, 0.3) is 6.43 Å². The van der Waals surface area contributed by atoms with E-state index in [9.17, 15) is 8.78 Å². The van der Waals surface area contributed by atoms with Gasteiger partial charge in [0, 0.05) is 23.5 Å². The molecule has 0 saturated carbocycles. The Labute approximate surface area is 92.6 Å². The van der Waals surface area contributed by atoms with Gasteiger partial charge in [0.05, 0.1) is 12.6 Å². The van der Waals surface area contributed by atoms with Crippen LogP contribution in [0.15, 0.2) is 18.2 Å². The highest BCUT2D eigenvalue weighted by Gasteiger charge is 2.19. The number of hydrogen-bond donors (Lipinski definition) is 2. The maximum Gasteiger partial charge on any atom is 0.265 e. The molecule has 16 heavy (non-hydrogen) atoms. The number of hydrogen-bond acceptors (Lipinski definition) is 3. The lowest BCUT2D eigenvalue weighted by Crippen LogP contribution is -2.20. The van der Waals surface area contributed by atoms with Crippen LogP contribution in [0.2, 0.25) is 0 Å². The Morgan fingerprint density at radius 3 is 2.88 bits per heavy atom. The van der Waals surface area contributed by atoms with Crippen molar-refractivity contribution in [3.8, 4) is 0 Å². The van der Waals surface area contributed by atoms with Crippen molar-refractivity contribution < 1.29 is 13.5 Å². The molecule has 1 aliphatic rings. The number of nitrogens with one attached hydrogen (secondary N) is 1. The minimum atomic E-state index is -2.52. The van der Waals surface area contributed by atoms with Crippen LogP contribution in [0.3, 0.4) is 0 Å². The summed E-state index contributed by atoms with van der Waals surface area (Å²) in [5.41, 5.74) is 6.23. The second-order valence-electron chi connectivity index (χ2n) is 3.85. The third kappa shape index (κ3) is 2.41. The minimum Gasteiger partial charge on any atom is -0.399 e. The van der Waals surface area contributed by atoms with E-state index >= 15 is 0 Å². The molecule has 3 N–H and O–H groups in total. The number of ether oxygens (including phenoxy) is 1. The van der Waals surface area contributed by atoms with E-state index in [0.717, 1.165) is 6.42 Å². The molecule has 0 radical (unpaired) electrons. The predicted octanol–water partition coefficient (Wildman–Crippen LogP) is 2.41. The fraction of sp³-hybridized carbons (Fsp3) is 0.455. The molecule has 1 aromatic rings. The summed E-state index contributed by atoms with van der Waals surface area (Å²) in [7, 11) is 0. The number of anilines is 2. The SMILES string of the molecule is Nc1ccc(NC2CCOC2)c(C(F)F)c1. The van der Waals surface area contributed by atoms with Crippen molar-refractivity contribution in [2.75, 3.05) is 24.3 Å². The smallest absolute Gasteiger partial charge is 0.265 e. The second-order valence-corrected chi connectivity index (χ2v) is 3.85. The Kier molecular flexibility index (Phi) is 3.24. The van der Waals surface area contributed by atoms with Gasteiger partial charge in [-0.1, -0.05) is 0 Å². The maximum absolute atomic E-state index is 12.8. The van der Waals surface area contributed by atoms with Crippen LogP contribution < -0.4 is 11.1 Å². The van der Waals surface area contributed by atoms with Crippen LogP contribution in [-0.2, 0) is 4.74 Å². The van der Waals surface area contributed by atoms with E-state index in [2.05, 4.69) is 5.32 Å². The Balaban J connectivity index is 2.18. The van der Waals surface area contributed by atoms with Crippen LogP contribution in [-0.4, -0.2) is 19.3 Å². The monoisotopic (exact) mass is 228 g/mol. The van der Waals surface area contributed by atoms with E-state index in [1.54, 1.807) is 12.1 Å². The van der Waals surface area contributed by atoms with Gasteiger partial charge >= 0.3 is 0 Å². The van der Waals surface area contributed by atoms with Gasteiger partial charge in [0.2, 0.25) is 0 Å². The lowest BCUT2D eigenvalue weighted by molar-refractivity contribution is 0.152. The number of alkyl halides is 2. The first kappa shape index (κ1) is 11.1. The van der Waals surface area contributed by atoms with E-state index in [1.807, 2.05) is 0 Å². The molecule has 1 aromatic carbocycles. The van der Waals surface area contributed by atoms with Crippen LogP contribution >= 0.6 is 0 Å². The number of halogens is 2. The molecule has 5 heteroatoms. The Morgan fingerprint density at radius 1 is 1.44 bits per heavy atom. The van der Waals surface area contributed by atoms with Gasteiger partial charge < -0.3 is 15.8 Å². The lowest BCUT2D eigenvalue weighted by atomic mass is 10.1. The molecule has 1 unspecified atom stereocenters. The molecule has 1 aliphatic heterocycles. The van der Waals surface area contributed by atoms with Crippen LogP contribution in [0.4, 0.5) is 20.2 Å². The first-order valence-electron chi connectivity index (χ1n) is 5.18. The summed E-state index contributed by atoms with van der Waals surface area (Å²) in [5, 5.41) is 3.06. The quantitative estimate of drug-likeness (QED) is 0.781. The van der Waals surface area contributed by atoms with Crippen LogP contribution in [0.25, 0.3) is 0 Å². The highest BCUT2D eigenvalue weighted by Crippen LogP contribution is 2.30. The van der Waals surface area contributed by atoms with E-state index < -0.39 is 6.43 Å². The number of rotatable bonds is 3. The summed E-state index contributed by atoms with van der Waals surface area (Å²) in [4.78, 5) is 0. The number of nitrogen functional groups attached to an aromatic ring is 1. The molecule has 1 saturated heterocycles. The highest BCUT2D eigenvalue weighted by atomic mass is 19.3. The zero-order valence-corrected chi connectivity index (χ0v) is 8.75. The van der Waals surface area contributed by atoms with Gasteiger partial charge in [0.15, 0.2) is 0 Å². The van der Waals surface area contributed by atoms with Gasteiger partial charge in [-0.05, 0) is 24.6 Å². The molecule has 0 aromatic heterocycles. The molecule has 0 aliphatic carbocycles. The summed E-state index contributed by atoms with van der Waals surface area (Å²) >= 11 is 0. The molecule has 0 amide bonds. The standard InChI is InChI=1S/C11H14F2N2O/c12-11(13)9-5-7(14)1-2-10(9)15-8-3-4-16-6-8/h1-2,5,8,11,15H,3-4,6,14H2. The van der Waals surface area contributed by atoms with E-state index in [1.165, 1.54) is 6.07 Å². The van der Waals surface area contributed by atoms with Crippen LogP contribution in [0.5, 0.6) is 0 Å². The van der Waals surface area contributed by atoms with Crippen molar-refractivity contribution in [3.63, 3.8) is 0 Å². The molecule has 88 valence electrons. The zero-order valence-electron chi connectivity index (χ0n) is 8.75. The van der Waals surface area contributed by atoms with Crippen molar-refractivity contribution in [2.24, 2.45) is 0 Å². The molecule has 1 atom stereocenters. The van der Waals surface area contributed by atoms with E-state index in [4.69, 9.17) is 10.5 Å². The van der Waals surface area contributed by atoms with Gasteiger partial charge in [0.1, 0.15) is 0 Å². The fourth-order valence-corrected chi connectivity index (χ4v) is 1.76. The summed E-state index contributed by atoms with van der Waals surface area (Å²) < 4.78 is 30.7. The van der Waals surface area contributed by atoms with Crippen molar-refractivity contribution in [2.45, 2.75) is 18.9 Å². The summed E-state index contributed by atoms with van der Waals surface area (Å²) in [6.45, 7) is 1.24. The first-order chi connectivity index (χ1) is 7.66. The zero-order chi connectivity index (χ0) is 11.5. The molecule has 1 heterocycles. The average molecular weight is 228 g/mol. The normalized spacial score (nSPS) is 20.3. The molecule has 2 rings (SSSR count). The molecule has 3 nitrogen and oxygen atoms in total. The van der Waals surface area contributed by atoms with Gasteiger partial charge in [-0.2, -0.15) is 0 Å². The van der Waals surface area contributed by atoms with E-state index in [-0.39, 0.29) is 11.6 Å². The maximum atomic E-state index is 12.8.